The highest BCUT2D eigenvalue weighted by molar-refractivity contribution is 5.94. The van der Waals surface area contributed by atoms with E-state index < -0.39 is 0 Å². The number of rotatable bonds is 5. The molecular weight excluding hydrogens is 240 g/mol. The second-order valence-electron chi connectivity index (χ2n) is 5.26. The monoisotopic (exact) mass is 262 g/mol. The number of urea groups is 1. The largest absolute Gasteiger partial charge is 0.393 e. The zero-order valence-electron chi connectivity index (χ0n) is 11.7. The van der Waals surface area contributed by atoms with Gasteiger partial charge in [-0.2, -0.15) is 0 Å². The van der Waals surface area contributed by atoms with E-state index in [2.05, 4.69) is 6.07 Å². The molecule has 0 aromatic heterocycles. The van der Waals surface area contributed by atoms with Crippen LogP contribution in [0.25, 0.3) is 0 Å². The maximum Gasteiger partial charge on any atom is 0.324 e. The number of unbranched alkanes of at least 4 members (excludes halogenated alkanes) is 1. The minimum Gasteiger partial charge on any atom is -0.393 e. The van der Waals surface area contributed by atoms with Crippen LogP contribution in [0.15, 0.2) is 24.3 Å². The fourth-order valence-corrected chi connectivity index (χ4v) is 2.47. The zero-order valence-corrected chi connectivity index (χ0v) is 11.7. The molecule has 1 aliphatic heterocycles. The fraction of sp³-hybridized carbons (Fsp3) is 0.533. The van der Waals surface area contributed by atoms with Crippen LogP contribution in [-0.4, -0.2) is 35.7 Å². The molecule has 1 N–H and O–H groups in total. The van der Waals surface area contributed by atoms with E-state index >= 15 is 0 Å². The number of carbonyl (C=O) groups is 1. The molecule has 0 fully saturated rings. The van der Waals surface area contributed by atoms with Crippen molar-refractivity contribution in [3.8, 4) is 0 Å². The van der Waals surface area contributed by atoms with Gasteiger partial charge in [0.05, 0.1) is 11.8 Å². The van der Waals surface area contributed by atoms with Crippen LogP contribution in [0.1, 0.15) is 31.7 Å². The molecule has 1 heterocycles. The highest BCUT2D eigenvalue weighted by Crippen LogP contribution is 2.27. The first-order chi connectivity index (χ1) is 9.09. The van der Waals surface area contributed by atoms with Gasteiger partial charge in [-0.25, -0.2) is 4.79 Å². The first-order valence-electron chi connectivity index (χ1n) is 6.88. The van der Waals surface area contributed by atoms with Gasteiger partial charge in [0, 0.05) is 20.1 Å². The fourth-order valence-electron chi connectivity index (χ4n) is 2.47. The molecule has 1 aromatic rings. The highest BCUT2D eigenvalue weighted by atomic mass is 16.3. The van der Waals surface area contributed by atoms with Crippen molar-refractivity contribution >= 4 is 11.7 Å². The van der Waals surface area contributed by atoms with Gasteiger partial charge in [-0.05, 0) is 37.8 Å². The predicted molar refractivity (Wildman–Crippen MR) is 76.2 cm³/mol. The van der Waals surface area contributed by atoms with E-state index in [9.17, 15) is 9.90 Å². The van der Waals surface area contributed by atoms with E-state index in [1.807, 2.05) is 30.1 Å². The normalized spacial score (nSPS) is 16.5. The summed E-state index contributed by atoms with van der Waals surface area (Å²) in [6, 6.07) is 8.13. The lowest BCUT2D eigenvalue weighted by Gasteiger charge is -2.35. The maximum atomic E-state index is 12.2. The SMILES string of the molecule is CC(O)CCCCN1C(=O)N(C)Cc2ccccc21. The summed E-state index contributed by atoms with van der Waals surface area (Å²) in [6.45, 7) is 3.20. The summed E-state index contributed by atoms with van der Waals surface area (Å²) in [6.07, 6.45) is 2.39. The molecule has 0 bridgehead atoms. The average molecular weight is 262 g/mol. The lowest BCUT2D eigenvalue weighted by Crippen LogP contribution is -2.45. The molecule has 0 spiro atoms. The summed E-state index contributed by atoms with van der Waals surface area (Å²) in [4.78, 5) is 15.8. The highest BCUT2D eigenvalue weighted by Gasteiger charge is 2.26. The molecule has 4 nitrogen and oxygen atoms in total. The van der Waals surface area contributed by atoms with E-state index in [-0.39, 0.29) is 12.1 Å². The van der Waals surface area contributed by atoms with Crippen molar-refractivity contribution in [3.05, 3.63) is 29.8 Å². The van der Waals surface area contributed by atoms with E-state index in [4.69, 9.17) is 0 Å². The number of nitrogens with zero attached hydrogens (tertiary/aromatic N) is 2. The third-order valence-corrected chi connectivity index (χ3v) is 3.50. The Balaban J connectivity index is 2.03. The van der Waals surface area contributed by atoms with Crippen molar-refractivity contribution in [2.75, 3.05) is 18.5 Å². The molecule has 2 rings (SSSR count). The summed E-state index contributed by atoms with van der Waals surface area (Å²) >= 11 is 0. The van der Waals surface area contributed by atoms with Gasteiger partial charge in [0.15, 0.2) is 0 Å². The van der Waals surface area contributed by atoms with Crippen LogP contribution in [0.3, 0.4) is 0 Å². The Hall–Kier alpha value is -1.55. The number of carbonyl (C=O) groups excluding carboxylic acids is 1. The van der Waals surface area contributed by atoms with Crippen LogP contribution < -0.4 is 4.90 Å². The van der Waals surface area contributed by atoms with Crippen LogP contribution in [0, 0.1) is 0 Å². The number of aliphatic hydroxyl groups is 1. The minimum atomic E-state index is -0.257. The molecule has 0 saturated carbocycles. The van der Waals surface area contributed by atoms with Crippen molar-refractivity contribution in [3.63, 3.8) is 0 Å². The third kappa shape index (κ3) is 3.26. The molecule has 0 saturated heterocycles. The van der Waals surface area contributed by atoms with Crippen LogP contribution >= 0.6 is 0 Å². The molecule has 0 radical (unpaired) electrons. The quantitative estimate of drug-likeness (QED) is 0.829. The van der Waals surface area contributed by atoms with Crippen molar-refractivity contribution in [1.82, 2.24) is 4.90 Å². The lowest BCUT2D eigenvalue weighted by atomic mass is 10.1. The number of para-hydroxylation sites is 1. The summed E-state index contributed by atoms with van der Waals surface area (Å²) in [5, 5.41) is 9.25. The van der Waals surface area contributed by atoms with Gasteiger partial charge in [-0.1, -0.05) is 18.2 Å². The summed E-state index contributed by atoms with van der Waals surface area (Å²) in [5.41, 5.74) is 2.22. The van der Waals surface area contributed by atoms with E-state index in [1.165, 1.54) is 5.56 Å². The Labute approximate surface area is 114 Å². The summed E-state index contributed by atoms with van der Waals surface area (Å²) in [7, 11) is 1.83. The maximum absolute atomic E-state index is 12.2. The van der Waals surface area contributed by atoms with Gasteiger partial charge >= 0.3 is 6.03 Å². The number of hydrogen-bond donors (Lipinski definition) is 1. The molecule has 4 heteroatoms. The molecule has 1 aromatic carbocycles. The van der Waals surface area contributed by atoms with Crippen molar-refractivity contribution in [2.45, 2.75) is 38.8 Å². The molecule has 2 amide bonds. The molecule has 1 unspecified atom stereocenters. The Morgan fingerprint density at radius 2 is 2.05 bits per heavy atom. The van der Waals surface area contributed by atoms with Crippen molar-refractivity contribution < 1.29 is 9.90 Å². The van der Waals surface area contributed by atoms with Gasteiger partial charge in [0.2, 0.25) is 0 Å². The van der Waals surface area contributed by atoms with Crippen molar-refractivity contribution in [2.24, 2.45) is 0 Å². The number of fused-ring (bicyclic) bond motifs is 1. The van der Waals surface area contributed by atoms with E-state index in [0.717, 1.165) is 24.9 Å². The van der Waals surface area contributed by atoms with Gasteiger partial charge in [-0.15, -0.1) is 0 Å². The summed E-state index contributed by atoms with van der Waals surface area (Å²) < 4.78 is 0. The second-order valence-corrected chi connectivity index (χ2v) is 5.26. The minimum absolute atomic E-state index is 0.0655. The van der Waals surface area contributed by atoms with E-state index in [1.54, 1.807) is 11.8 Å². The van der Waals surface area contributed by atoms with E-state index in [0.29, 0.717) is 13.1 Å². The average Bonchev–Trinajstić information content (AvgIpc) is 2.38. The van der Waals surface area contributed by atoms with Crippen LogP contribution in [0.2, 0.25) is 0 Å². The Bertz CT molecular complexity index is 446. The Kier molecular flexibility index (Phi) is 4.43. The lowest BCUT2D eigenvalue weighted by molar-refractivity contribution is 0.180. The number of hydrogen-bond acceptors (Lipinski definition) is 2. The molecule has 104 valence electrons. The van der Waals surface area contributed by atoms with Gasteiger partial charge < -0.3 is 10.0 Å². The number of anilines is 1. The molecule has 1 aliphatic rings. The first kappa shape index (κ1) is 13.9. The predicted octanol–water partition coefficient (Wildman–Crippen LogP) is 2.61. The van der Waals surface area contributed by atoms with Gasteiger partial charge in [-0.3, -0.25) is 4.90 Å². The summed E-state index contributed by atoms with van der Waals surface area (Å²) in [5.74, 6) is 0. The van der Waals surface area contributed by atoms with Gasteiger partial charge in [0.25, 0.3) is 0 Å². The van der Waals surface area contributed by atoms with Crippen molar-refractivity contribution in [1.29, 1.82) is 0 Å². The molecular formula is C15H22N2O2. The third-order valence-electron chi connectivity index (χ3n) is 3.50. The molecule has 1 atom stereocenters. The van der Waals surface area contributed by atoms with Gasteiger partial charge in [0.1, 0.15) is 0 Å². The Morgan fingerprint density at radius 1 is 1.32 bits per heavy atom. The van der Waals surface area contributed by atoms with Crippen LogP contribution in [0.5, 0.6) is 0 Å². The number of benzene rings is 1. The smallest absolute Gasteiger partial charge is 0.324 e. The topological polar surface area (TPSA) is 43.8 Å². The molecule has 0 aliphatic carbocycles. The van der Waals surface area contributed by atoms with Crippen LogP contribution in [-0.2, 0) is 6.54 Å². The number of aliphatic hydroxyl groups excluding tert-OH is 1. The second kappa shape index (κ2) is 6.06. The molecule has 19 heavy (non-hydrogen) atoms. The Morgan fingerprint density at radius 3 is 2.79 bits per heavy atom. The van der Waals surface area contributed by atoms with Crippen LogP contribution in [0.4, 0.5) is 10.5 Å². The zero-order chi connectivity index (χ0) is 13.8. The first-order valence-corrected chi connectivity index (χ1v) is 6.88. The standard InChI is InChI=1S/C15H22N2O2/c1-12(18)7-5-6-10-17-14-9-4-3-8-13(14)11-16(2)15(17)19/h3-4,8-9,12,18H,5-7,10-11H2,1-2H3. The number of amides is 2.